The summed E-state index contributed by atoms with van der Waals surface area (Å²) in [5, 5.41) is 0. The summed E-state index contributed by atoms with van der Waals surface area (Å²) in [7, 11) is 0. The number of halogens is 1. The van der Waals surface area contributed by atoms with Crippen LogP contribution < -0.4 is 11.5 Å². The van der Waals surface area contributed by atoms with Crippen molar-refractivity contribution < 1.29 is 4.39 Å². The number of hydrogen-bond acceptors (Lipinski definition) is 3. The van der Waals surface area contributed by atoms with E-state index in [1.807, 2.05) is 0 Å². The van der Waals surface area contributed by atoms with E-state index >= 15 is 0 Å². The van der Waals surface area contributed by atoms with Gasteiger partial charge < -0.3 is 11.5 Å². The molecule has 0 aromatic carbocycles. The molecule has 0 bridgehead atoms. The monoisotopic (exact) mass is 169 g/mol. The normalized spacial score (nSPS) is 15.6. The number of rotatable bonds is 2. The van der Waals surface area contributed by atoms with Crippen LogP contribution in [-0.2, 0) is 5.67 Å². The number of pyridine rings is 1. The average Bonchev–Trinajstić information content (AvgIpc) is 2.05. The zero-order chi connectivity index (χ0) is 9.19. The molecule has 1 unspecified atom stereocenters. The Bertz CT molecular complexity index is 273. The van der Waals surface area contributed by atoms with E-state index in [-0.39, 0.29) is 12.4 Å². The van der Waals surface area contributed by atoms with Crippen molar-refractivity contribution in [2.75, 3.05) is 12.3 Å². The fourth-order valence-electron chi connectivity index (χ4n) is 0.968. The minimum Gasteiger partial charge on any atom is -0.383 e. The summed E-state index contributed by atoms with van der Waals surface area (Å²) in [6.07, 6.45) is 1.52. The smallest absolute Gasteiger partial charge is 0.148 e. The van der Waals surface area contributed by atoms with E-state index in [0.29, 0.717) is 5.56 Å². The van der Waals surface area contributed by atoms with E-state index in [0.717, 1.165) is 0 Å². The standard InChI is InChI=1S/C8H12FN3/c1-8(9,5-10)6-3-2-4-12-7(6)11/h2-4H,5,10H2,1H3,(H2,11,12). The number of nitrogens with two attached hydrogens (primary N) is 2. The van der Waals surface area contributed by atoms with Gasteiger partial charge in [0, 0.05) is 18.3 Å². The molecule has 1 atom stereocenters. The van der Waals surface area contributed by atoms with Crippen LogP contribution in [0.15, 0.2) is 18.3 Å². The predicted molar refractivity (Wildman–Crippen MR) is 46.2 cm³/mol. The minimum atomic E-state index is -1.58. The highest BCUT2D eigenvalue weighted by Gasteiger charge is 2.26. The molecule has 0 radical (unpaired) electrons. The molecular weight excluding hydrogens is 157 g/mol. The lowest BCUT2D eigenvalue weighted by Crippen LogP contribution is -2.27. The van der Waals surface area contributed by atoms with Crippen LogP contribution in [0.2, 0.25) is 0 Å². The third kappa shape index (κ3) is 1.53. The molecule has 0 aliphatic heterocycles. The maximum Gasteiger partial charge on any atom is 0.148 e. The molecule has 0 aliphatic carbocycles. The second-order valence-corrected chi connectivity index (χ2v) is 2.84. The summed E-state index contributed by atoms with van der Waals surface area (Å²) in [4.78, 5) is 3.78. The molecule has 1 rings (SSSR count). The Labute approximate surface area is 70.6 Å². The Hall–Kier alpha value is -1.16. The van der Waals surface area contributed by atoms with Gasteiger partial charge in [-0.05, 0) is 13.0 Å². The first-order valence-electron chi connectivity index (χ1n) is 3.68. The lowest BCUT2D eigenvalue weighted by atomic mass is 9.99. The van der Waals surface area contributed by atoms with E-state index in [4.69, 9.17) is 11.5 Å². The molecule has 0 spiro atoms. The first-order valence-corrected chi connectivity index (χ1v) is 3.68. The van der Waals surface area contributed by atoms with Crippen molar-refractivity contribution in [1.82, 2.24) is 4.98 Å². The van der Waals surface area contributed by atoms with Crippen LogP contribution in [0.3, 0.4) is 0 Å². The van der Waals surface area contributed by atoms with Crippen LogP contribution >= 0.6 is 0 Å². The number of aromatic nitrogens is 1. The van der Waals surface area contributed by atoms with E-state index in [2.05, 4.69) is 4.98 Å². The van der Waals surface area contributed by atoms with Crippen molar-refractivity contribution in [2.24, 2.45) is 5.73 Å². The number of nitrogens with zero attached hydrogens (tertiary/aromatic N) is 1. The predicted octanol–water partition coefficient (Wildman–Crippen LogP) is 0.807. The Kier molecular flexibility index (Phi) is 2.28. The Morgan fingerprint density at radius 2 is 2.33 bits per heavy atom. The van der Waals surface area contributed by atoms with Crippen LogP contribution in [0.25, 0.3) is 0 Å². The maximum atomic E-state index is 13.6. The van der Waals surface area contributed by atoms with Crippen LogP contribution in [0.1, 0.15) is 12.5 Å². The van der Waals surface area contributed by atoms with E-state index < -0.39 is 5.67 Å². The van der Waals surface area contributed by atoms with Crippen LogP contribution in [-0.4, -0.2) is 11.5 Å². The van der Waals surface area contributed by atoms with Crippen molar-refractivity contribution in [3.8, 4) is 0 Å². The van der Waals surface area contributed by atoms with Gasteiger partial charge in [0.15, 0.2) is 0 Å². The lowest BCUT2D eigenvalue weighted by Gasteiger charge is -2.19. The third-order valence-electron chi connectivity index (χ3n) is 1.78. The summed E-state index contributed by atoms with van der Waals surface area (Å²) >= 11 is 0. The van der Waals surface area contributed by atoms with Gasteiger partial charge in [0.2, 0.25) is 0 Å². The highest BCUT2D eigenvalue weighted by Crippen LogP contribution is 2.27. The SMILES string of the molecule is CC(F)(CN)c1cccnc1N. The van der Waals surface area contributed by atoms with Gasteiger partial charge in [0.05, 0.1) is 0 Å². The van der Waals surface area contributed by atoms with E-state index in [9.17, 15) is 4.39 Å². The number of hydrogen-bond donors (Lipinski definition) is 2. The summed E-state index contributed by atoms with van der Waals surface area (Å²) in [6.45, 7) is 1.29. The zero-order valence-corrected chi connectivity index (χ0v) is 6.92. The average molecular weight is 169 g/mol. The molecule has 4 N–H and O–H groups in total. The second-order valence-electron chi connectivity index (χ2n) is 2.84. The maximum absolute atomic E-state index is 13.6. The molecular formula is C8H12FN3. The van der Waals surface area contributed by atoms with Crippen molar-refractivity contribution >= 4 is 5.82 Å². The van der Waals surface area contributed by atoms with Gasteiger partial charge in [0.25, 0.3) is 0 Å². The Balaban J connectivity index is 3.10. The molecule has 0 saturated heterocycles. The first-order chi connectivity index (χ1) is 5.58. The number of alkyl halides is 1. The first kappa shape index (κ1) is 8.93. The fourth-order valence-corrected chi connectivity index (χ4v) is 0.968. The second kappa shape index (κ2) is 3.06. The summed E-state index contributed by atoms with van der Waals surface area (Å²) < 4.78 is 13.6. The van der Waals surface area contributed by atoms with Gasteiger partial charge in [-0.15, -0.1) is 0 Å². The zero-order valence-electron chi connectivity index (χ0n) is 6.92. The molecule has 4 heteroatoms. The molecule has 0 fully saturated rings. The van der Waals surface area contributed by atoms with Crippen molar-refractivity contribution in [3.63, 3.8) is 0 Å². The lowest BCUT2D eigenvalue weighted by molar-refractivity contribution is 0.204. The van der Waals surface area contributed by atoms with Gasteiger partial charge in [0.1, 0.15) is 11.5 Å². The molecule has 0 aliphatic rings. The van der Waals surface area contributed by atoms with Crippen molar-refractivity contribution in [1.29, 1.82) is 0 Å². The summed E-state index contributed by atoms with van der Waals surface area (Å²) in [6, 6.07) is 3.23. The van der Waals surface area contributed by atoms with Crippen molar-refractivity contribution in [3.05, 3.63) is 23.9 Å². The molecule has 12 heavy (non-hydrogen) atoms. The fraction of sp³-hybridized carbons (Fsp3) is 0.375. The van der Waals surface area contributed by atoms with Crippen LogP contribution in [0.5, 0.6) is 0 Å². The Morgan fingerprint density at radius 3 is 2.83 bits per heavy atom. The molecule has 66 valence electrons. The topological polar surface area (TPSA) is 64.9 Å². The molecule has 1 heterocycles. The van der Waals surface area contributed by atoms with E-state index in [1.165, 1.54) is 13.1 Å². The molecule has 1 aromatic heterocycles. The molecule has 0 amide bonds. The molecule has 3 nitrogen and oxygen atoms in total. The van der Waals surface area contributed by atoms with E-state index in [1.54, 1.807) is 12.1 Å². The highest BCUT2D eigenvalue weighted by atomic mass is 19.1. The summed E-state index contributed by atoms with van der Waals surface area (Å²) in [5.41, 5.74) is 9.49. The quantitative estimate of drug-likeness (QED) is 0.688. The molecule has 1 aromatic rings. The van der Waals surface area contributed by atoms with Gasteiger partial charge >= 0.3 is 0 Å². The van der Waals surface area contributed by atoms with Gasteiger partial charge in [-0.3, -0.25) is 0 Å². The van der Waals surface area contributed by atoms with Gasteiger partial charge in [-0.2, -0.15) is 0 Å². The minimum absolute atomic E-state index is 0.0944. The van der Waals surface area contributed by atoms with Gasteiger partial charge in [-0.1, -0.05) is 6.07 Å². The van der Waals surface area contributed by atoms with Crippen LogP contribution in [0.4, 0.5) is 10.2 Å². The number of nitrogen functional groups attached to an aromatic ring is 1. The van der Waals surface area contributed by atoms with Crippen molar-refractivity contribution in [2.45, 2.75) is 12.6 Å². The molecule has 0 saturated carbocycles. The van der Waals surface area contributed by atoms with Crippen LogP contribution in [0, 0.1) is 0 Å². The van der Waals surface area contributed by atoms with Gasteiger partial charge in [-0.25, -0.2) is 9.37 Å². The third-order valence-corrected chi connectivity index (χ3v) is 1.78. The number of anilines is 1. The largest absolute Gasteiger partial charge is 0.383 e. The highest BCUT2D eigenvalue weighted by molar-refractivity contribution is 5.42. The summed E-state index contributed by atoms with van der Waals surface area (Å²) in [5.74, 6) is 0.202. The Morgan fingerprint density at radius 1 is 1.67 bits per heavy atom.